The Bertz CT molecular complexity index is 360. The van der Waals surface area contributed by atoms with Crippen molar-refractivity contribution in [2.45, 2.75) is 52.9 Å². The van der Waals surface area contributed by atoms with Crippen molar-refractivity contribution in [3.05, 3.63) is 11.6 Å². The molecule has 0 radical (unpaired) electrons. The van der Waals surface area contributed by atoms with Gasteiger partial charge in [0.05, 0.1) is 0 Å². The highest BCUT2D eigenvalue weighted by atomic mass is 16.2. The molecule has 0 saturated heterocycles. The van der Waals surface area contributed by atoms with Crippen molar-refractivity contribution in [2.75, 3.05) is 6.54 Å². The second-order valence-corrected chi connectivity index (χ2v) is 5.10. The standard InChI is InChI=1S/C13H24N4O/c1-10(2)8-6-4-5-7-9-14-13(18)12-15-11(3)16-17-12/h10H,4-9H2,1-3H3,(H,14,18)(H,15,16,17). The van der Waals surface area contributed by atoms with Crippen molar-refractivity contribution in [3.8, 4) is 0 Å². The number of aryl methyl sites for hydroxylation is 1. The summed E-state index contributed by atoms with van der Waals surface area (Å²) in [5, 5.41) is 9.30. The number of hydrogen-bond donors (Lipinski definition) is 2. The molecule has 0 aromatic carbocycles. The summed E-state index contributed by atoms with van der Waals surface area (Å²) in [6.07, 6.45) is 6.01. The number of hydrogen-bond acceptors (Lipinski definition) is 3. The second-order valence-electron chi connectivity index (χ2n) is 5.10. The largest absolute Gasteiger partial charge is 0.349 e. The molecule has 0 saturated carbocycles. The lowest BCUT2D eigenvalue weighted by molar-refractivity contribution is 0.0943. The average Bonchev–Trinajstić information content (AvgIpc) is 2.74. The van der Waals surface area contributed by atoms with E-state index >= 15 is 0 Å². The SMILES string of the molecule is Cc1nc(C(=O)NCCCCCCC(C)C)n[nH]1. The molecule has 5 heteroatoms. The first-order chi connectivity index (χ1) is 8.59. The van der Waals surface area contributed by atoms with Gasteiger partial charge in [-0.1, -0.05) is 39.5 Å². The normalized spacial score (nSPS) is 10.9. The Labute approximate surface area is 109 Å². The third kappa shape index (κ3) is 5.80. The molecule has 1 aromatic rings. The van der Waals surface area contributed by atoms with Gasteiger partial charge in [-0.3, -0.25) is 9.89 Å². The Morgan fingerprint density at radius 2 is 2.00 bits per heavy atom. The van der Waals surface area contributed by atoms with E-state index in [9.17, 15) is 4.79 Å². The van der Waals surface area contributed by atoms with E-state index in [0.717, 1.165) is 12.3 Å². The van der Waals surface area contributed by atoms with E-state index in [4.69, 9.17) is 0 Å². The van der Waals surface area contributed by atoms with Crippen molar-refractivity contribution in [2.24, 2.45) is 5.92 Å². The van der Waals surface area contributed by atoms with Crippen LogP contribution in [0.3, 0.4) is 0 Å². The zero-order chi connectivity index (χ0) is 13.4. The van der Waals surface area contributed by atoms with E-state index in [1.807, 2.05) is 0 Å². The number of amides is 1. The van der Waals surface area contributed by atoms with Crippen LogP contribution in [0.15, 0.2) is 0 Å². The van der Waals surface area contributed by atoms with Crippen LogP contribution in [0.25, 0.3) is 0 Å². The molecule has 102 valence electrons. The van der Waals surface area contributed by atoms with Crippen molar-refractivity contribution >= 4 is 5.91 Å². The fourth-order valence-electron chi connectivity index (χ4n) is 1.76. The van der Waals surface area contributed by atoms with E-state index < -0.39 is 0 Å². The van der Waals surface area contributed by atoms with Crippen LogP contribution >= 0.6 is 0 Å². The number of carbonyl (C=O) groups is 1. The molecular formula is C13H24N4O. The highest BCUT2D eigenvalue weighted by Gasteiger charge is 2.09. The number of nitrogens with one attached hydrogen (secondary N) is 2. The highest BCUT2D eigenvalue weighted by molar-refractivity contribution is 5.90. The van der Waals surface area contributed by atoms with Crippen LogP contribution in [0, 0.1) is 12.8 Å². The van der Waals surface area contributed by atoms with Gasteiger partial charge in [0.25, 0.3) is 5.91 Å². The first-order valence-electron chi connectivity index (χ1n) is 6.77. The molecule has 2 N–H and O–H groups in total. The summed E-state index contributed by atoms with van der Waals surface area (Å²) in [5.74, 6) is 1.49. The zero-order valence-corrected chi connectivity index (χ0v) is 11.6. The Morgan fingerprint density at radius 1 is 1.28 bits per heavy atom. The predicted molar refractivity (Wildman–Crippen MR) is 71.4 cm³/mol. The quantitative estimate of drug-likeness (QED) is 0.698. The second kappa shape index (κ2) is 7.84. The molecule has 0 bridgehead atoms. The summed E-state index contributed by atoms with van der Waals surface area (Å²) in [5.41, 5.74) is 0. The smallest absolute Gasteiger partial charge is 0.290 e. The van der Waals surface area contributed by atoms with Gasteiger partial charge in [-0.05, 0) is 19.3 Å². The van der Waals surface area contributed by atoms with Gasteiger partial charge < -0.3 is 5.32 Å². The minimum Gasteiger partial charge on any atom is -0.349 e. The number of H-pyrrole nitrogens is 1. The molecule has 0 atom stereocenters. The summed E-state index contributed by atoms with van der Waals surface area (Å²) < 4.78 is 0. The maximum Gasteiger partial charge on any atom is 0.290 e. The van der Waals surface area contributed by atoms with Crippen molar-refractivity contribution in [1.82, 2.24) is 20.5 Å². The Morgan fingerprint density at radius 3 is 2.61 bits per heavy atom. The van der Waals surface area contributed by atoms with E-state index in [-0.39, 0.29) is 11.7 Å². The van der Waals surface area contributed by atoms with Gasteiger partial charge >= 0.3 is 0 Å². The highest BCUT2D eigenvalue weighted by Crippen LogP contribution is 2.08. The van der Waals surface area contributed by atoms with E-state index in [1.54, 1.807) is 6.92 Å². The van der Waals surface area contributed by atoms with Crippen LogP contribution in [0.1, 0.15) is 62.4 Å². The summed E-state index contributed by atoms with van der Waals surface area (Å²) in [7, 11) is 0. The first-order valence-corrected chi connectivity index (χ1v) is 6.77. The summed E-state index contributed by atoms with van der Waals surface area (Å²) in [6.45, 7) is 6.98. The molecule has 0 aliphatic heterocycles. The van der Waals surface area contributed by atoms with E-state index in [1.165, 1.54) is 25.7 Å². The number of carbonyl (C=O) groups excluding carboxylic acids is 1. The van der Waals surface area contributed by atoms with Crippen LogP contribution in [-0.4, -0.2) is 27.6 Å². The number of aromatic amines is 1. The number of rotatable bonds is 8. The van der Waals surface area contributed by atoms with Crippen LogP contribution in [0.4, 0.5) is 0 Å². The fourth-order valence-corrected chi connectivity index (χ4v) is 1.76. The molecule has 1 rings (SSSR count). The van der Waals surface area contributed by atoms with Crippen LogP contribution in [-0.2, 0) is 0 Å². The van der Waals surface area contributed by atoms with Crippen LogP contribution in [0.2, 0.25) is 0 Å². The maximum absolute atomic E-state index is 11.6. The van der Waals surface area contributed by atoms with Crippen LogP contribution in [0.5, 0.6) is 0 Å². The molecule has 0 unspecified atom stereocenters. The molecule has 5 nitrogen and oxygen atoms in total. The molecule has 0 fully saturated rings. The molecule has 1 heterocycles. The molecule has 1 aromatic heterocycles. The Hall–Kier alpha value is -1.39. The number of aromatic nitrogens is 3. The summed E-state index contributed by atoms with van der Waals surface area (Å²) in [4.78, 5) is 15.6. The molecular weight excluding hydrogens is 228 g/mol. The maximum atomic E-state index is 11.6. The van der Waals surface area contributed by atoms with Gasteiger partial charge in [0.15, 0.2) is 0 Å². The third-order valence-electron chi connectivity index (χ3n) is 2.79. The zero-order valence-electron chi connectivity index (χ0n) is 11.6. The summed E-state index contributed by atoms with van der Waals surface area (Å²) in [6, 6.07) is 0. The predicted octanol–water partition coefficient (Wildman–Crippen LogP) is 2.45. The van der Waals surface area contributed by atoms with Gasteiger partial charge in [0, 0.05) is 6.54 Å². The van der Waals surface area contributed by atoms with Gasteiger partial charge in [-0.15, -0.1) is 5.10 Å². The lowest BCUT2D eigenvalue weighted by atomic mass is 10.0. The summed E-state index contributed by atoms with van der Waals surface area (Å²) >= 11 is 0. The number of unbranched alkanes of at least 4 members (excludes halogenated alkanes) is 3. The lowest BCUT2D eigenvalue weighted by Crippen LogP contribution is -2.25. The van der Waals surface area contributed by atoms with Gasteiger partial charge in [0.2, 0.25) is 5.82 Å². The minimum atomic E-state index is -0.193. The Kier molecular flexibility index (Phi) is 6.39. The van der Waals surface area contributed by atoms with Crippen molar-refractivity contribution < 1.29 is 4.79 Å². The van der Waals surface area contributed by atoms with Crippen LogP contribution < -0.4 is 5.32 Å². The first kappa shape index (κ1) is 14.7. The molecule has 18 heavy (non-hydrogen) atoms. The fraction of sp³-hybridized carbons (Fsp3) is 0.769. The molecule has 0 aliphatic rings. The molecule has 0 spiro atoms. The topological polar surface area (TPSA) is 70.7 Å². The lowest BCUT2D eigenvalue weighted by Gasteiger charge is -2.04. The van der Waals surface area contributed by atoms with Gasteiger partial charge in [0.1, 0.15) is 5.82 Å². The van der Waals surface area contributed by atoms with Gasteiger partial charge in [-0.2, -0.15) is 0 Å². The molecule has 1 amide bonds. The Balaban J connectivity index is 2.03. The van der Waals surface area contributed by atoms with Crippen molar-refractivity contribution in [1.29, 1.82) is 0 Å². The molecule has 0 aliphatic carbocycles. The average molecular weight is 252 g/mol. The number of nitrogens with zero attached hydrogens (tertiary/aromatic N) is 2. The minimum absolute atomic E-state index is 0.193. The van der Waals surface area contributed by atoms with Crippen molar-refractivity contribution in [3.63, 3.8) is 0 Å². The van der Waals surface area contributed by atoms with Gasteiger partial charge in [-0.25, -0.2) is 4.98 Å². The monoisotopic (exact) mass is 252 g/mol. The van der Waals surface area contributed by atoms with E-state index in [2.05, 4.69) is 34.3 Å². The third-order valence-corrected chi connectivity index (χ3v) is 2.79. The van der Waals surface area contributed by atoms with E-state index in [0.29, 0.717) is 12.4 Å².